The summed E-state index contributed by atoms with van der Waals surface area (Å²) in [4.78, 5) is 0. The van der Waals surface area contributed by atoms with Gasteiger partial charge in [0.25, 0.3) is 0 Å². The SMILES string of the molecule is C=C.C=C.C=C.Oc1ccc(O)cc1. The third-order valence-corrected chi connectivity index (χ3v) is 0.850. The molecule has 2 heteroatoms. The molecular formula is C12H18O2. The van der Waals surface area contributed by atoms with Gasteiger partial charge in [0.2, 0.25) is 0 Å². The van der Waals surface area contributed by atoms with Gasteiger partial charge in [-0.2, -0.15) is 0 Å². The molecule has 0 saturated heterocycles. The van der Waals surface area contributed by atoms with Crippen molar-refractivity contribution in [1.82, 2.24) is 0 Å². The normalized spacial score (nSPS) is 6.00. The Labute approximate surface area is 86.2 Å². The third kappa shape index (κ3) is 12.7. The second kappa shape index (κ2) is 17.2. The minimum atomic E-state index is 0.169. The van der Waals surface area contributed by atoms with Gasteiger partial charge in [-0.25, -0.2) is 0 Å². The van der Waals surface area contributed by atoms with Gasteiger partial charge in [0, 0.05) is 0 Å². The van der Waals surface area contributed by atoms with Crippen LogP contribution >= 0.6 is 0 Å². The summed E-state index contributed by atoms with van der Waals surface area (Å²) in [6, 6.07) is 5.70. The van der Waals surface area contributed by atoms with Gasteiger partial charge in [0.05, 0.1) is 0 Å². The van der Waals surface area contributed by atoms with Crippen molar-refractivity contribution in [2.45, 2.75) is 0 Å². The lowest BCUT2D eigenvalue weighted by atomic mass is 10.3. The lowest BCUT2D eigenvalue weighted by Gasteiger charge is -1.88. The maximum atomic E-state index is 8.65. The number of benzene rings is 1. The van der Waals surface area contributed by atoms with Crippen molar-refractivity contribution in [3.8, 4) is 11.5 Å². The molecule has 0 aromatic heterocycles. The largest absolute Gasteiger partial charge is 0.508 e. The summed E-state index contributed by atoms with van der Waals surface area (Å²) in [5.41, 5.74) is 0. The van der Waals surface area contributed by atoms with E-state index in [0.29, 0.717) is 0 Å². The maximum absolute atomic E-state index is 8.65. The monoisotopic (exact) mass is 194 g/mol. The van der Waals surface area contributed by atoms with Crippen molar-refractivity contribution in [1.29, 1.82) is 0 Å². The fraction of sp³-hybridized carbons (Fsp3) is 0. The second-order valence-corrected chi connectivity index (χ2v) is 1.52. The zero-order valence-corrected chi connectivity index (χ0v) is 8.45. The average Bonchev–Trinajstić information content (AvgIpc) is 2.31. The fourth-order valence-corrected chi connectivity index (χ4v) is 0.453. The number of phenols is 2. The molecule has 0 saturated carbocycles. The van der Waals surface area contributed by atoms with E-state index in [9.17, 15) is 0 Å². The van der Waals surface area contributed by atoms with E-state index in [2.05, 4.69) is 39.5 Å². The maximum Gasteiger partial charge on any atom is 0.115 e. The highest BCUT2D eigenvalue weighted by atomic mass is 16.3. The van der Waals surface area contributed by atoms with Gasteiger partial charge >= 0.3 is 0 Å². The highest BCUT2D eigenvalue weighted by Gasteiger charge is 1.84. The zero-order chi connectivity index (χ0) is 12.0. The molecule has 78 valence electrons. The van der Waals surface area contributed by atoms with Gasteiger partial charge in [-0.15, -0.1) is 39.5 Å². The van der Waals surface area contributed by atoms with Crippen LogP contribution in [0.5, 0.6) is 11.5 Å². The summed E-state index contributed by atoms with van der Waals surface area (Å²) in [6.45, 7) is 18.0. The van der Waals surface area contributed by atoms with E-state index in [1.807, 2.05) is 0 Å². The molecule has 0 heterocycles. The van der Waals surface area contributed by atoms with Crippen LogP contribution in [0.4, 0.5) is 0 Å². The first kappa shape index (κ1) is 18.0. The molecule has 2 nitrogen and oxygen atoms in total. The van der Waals surface area contributed by atoms with Crippen molar-refractivity contribution < 1.29 is 10.2 Å². The average molecular weight is 194 g/mol. The molecule has 14 heavy (non-hydrogen) atoms. The van der Waals surface area contributed by atoms with Gasteiger partial charge < -0.3 is 10.2 Å². The minimum absolute atomic E-state index is 0.169. The quantitative estimate of drug-likeness (QED) is 0.490. The molecule has 0 spiro atoms. The number of rotatable bonds is 0. The van der Waals surface area contributed by atoms with Crippen LogP contribution in [-0.4, -0.2) is 10.2 Å². The van der Waals surface area contributed by atoms with Gasteiger partial charge in [-0.05, 0) is 24.3 Å². The summed E-state index contributed by atoms with van der Waals surface area (Å²) in [6.07, 6.45) is 0. The zero-order valence-electron chi connectivity index (χ0n) is 8.45. The van der Waals surface area contributed by atoms with Crippen LogP contribution < -0.4 is 0 Å². The minimum Gasteiger partial charge on any atom is -0.508 e. The van der Waals surface area contributed by atoms with E-state index in [1.54, 1.807) is 0 Å². The number of phenolic OH excluding ortho intramolecular Hbond substituents is 2. The highest BCUT2D eigenvalue weighted by Crippen LogP contribution is 2.13. The van der Waals surface area contributed by atoms with Crippen LogP contribution in [-0.2, 0) is 0 Å². The molecule has 0 unspecified atom stereocenters. The summed E-state index contributed by atoms with van der Waals surface area (Å²) in [5, 5.41) is 17.3. The van der Waals surface area contributed by atoms with E-state index >= 15 is 0 Å². The fourth-order valence-electron chi connectivity index (χ4n) is 0.453. The molecule has 0 aliphatic heterocycles. The number of aromatic hydroxyl groups is 2. The highest BCUT2D eigenvalue weighted by molar-refractivity contribution is 5.28. The molecule has 0 bridgehead atoms. The molecule has 0 fully saturated rings. The standard InChI is InChI=1S/C6H6O2.3C2H4/c7-5-1-2-6(8)4-3-5;3*1-2/h1-4,7-8H;3*1-2H2. The Morgan fingerprint density at radius 3 is 0.857 bits per heavy atom. The molecular weight excluding hydrogens is 176 g/mol. The summed E-state index contributed by atoms with van der Waals surface area (Å²) < 4.78 is 0. The summed E-state index contributed by atoms with van der Waals surface area (Å²) >= 11 is 0. The Balaban J connectivity index is -0.000000174. The van der Waals surface area contributed by atoms with Crippen LogP contribution in [0.2, 0.25) is 0 Å². The van der Waals surface area contributed by atoms with E-state index in [1.165, 1.54) is 24.3 Å². The Hall–Kier alpha value is -1.96. The molecule has 0 radical (unpaired) electrons. The van der Waals surface area contributed by atoms with E-state index in [-0.39, 0.29) is 11.5 Å². The Bertz CT molecular complexity index is 178. The van der Waals surface area contributed by atoms with Crippen LogP contribution in [0, 0.1) is 0 Å². The van der Waals surface area contributed by atoms with Crippen molar-refractivity contribution in [2.24, 2.45) is 0 Å². The topological polar surface area (TPSA) is 40.5 Å². The molecule has 1 aromatic carbocycles. The Morgan fingerprint density at radius 1 is 0.571 bits per heavy atom. The van der Waals surface area contributed by atoms with Crippen LogP contribution in [0.1, 0.15) is 0 Å². The predicted molar refractivity (Wildman–Crippen MR) is 63.5 cm³/mol. The van der Waals surface area contributed by atoms with Crippen molar-refractivity contribution in [2.75, 3.05) is 0 Å². The van der Waals surface area contributed by atoms with Crippen molar-refractivity contribution in [3.05, 3.63) is 63.7 Å². The first-order chi connectivity index (χ1) is 6.79. The van der Waals surface area contributed by atoms with Crippen LogP contribution in [0.15, 0.2) is 63.7 Å². The van der Waals surface area contributed by atoms with Gasteiger partial charge in [-0.3, -0.25) is 0 Å². The molecule has 0 aliphatic carbocycles. The summed E-state index contributed by atoms with van der Waals surface area (Å²) in [7, 11) is 0. The number of hydrogen-bond acceptors (Lipinski definition) is 2. The molecule has 1 aromatic rings. The van der Waals surface area contributed by atoms with Gasteiger partial charge in [0.1, 0.15) is 11.5 Å². The molecule has 0 aliphatic rings. The van der Waals surface area contributed by atoms with E-state index < -0.39 is 0 Å². The van der Waals surface area contributed by atoms with Crippen LogP contribution in [0.25, 0.3) is 0 Å². The molecule has 1 rings (SSSR count). The summed E-state index contributed by atoms with van der Waals surface area (Å²) in [5.74, 6) is 0.339. The lowest BCUT2D eigenvalue weighted by molar-refractivity contribution is 0.460. The lowest BCUT2D eigenvalue weighted by Crippen LogP contribution is -1.61. The second-order valence-electron chi connectivity index (χ2n) is 1.52. The van der Waals surface area contributed by atoms with Crippen LogP contribution in [0.3, 0.4) is 0 Å². The number of hydrogen-bond donors (Lipinski definition) is 2. The molecule has 0 amide bonds. The Kier molecular flexibility index (Phi) is 22.1. The predicted octanol–water partition coefficient (Wildman–Crippen LogP) is 3.50. The van der Waals surface area contributed by atoms with E-state index in [0.717, 1.165) is 0 Å². The smallest absolute Gasteiger partial charge is 0.115 e. The van der Waals surface area contributed by atoms with E-state index in [4.69, 9.17) is 10.2 Å². The van der Waals surface area contributed by atoms with Gasteiger partial charge in [-0.1, -0.05) is 0 Å². The first-order valence-corrected chi connectivity index (χ1v) is 3.77. The molecule has 0 atom stereocenters. The third-order valence-electron chi connectivity index (χ3n) is 0.850. The molecule has 2 N–H and O–H groups in total. The first-order valence-electron chi connectivity index (χ1n) is 3.77. The Morgan fingerprint density at radius 2 is 0.714 bits per heavy atom. The van der Waals surface area contributed by atoms with Crippen molar-refractivity contribution >= 4 is 0 Å². The van der Waals surface area contributed by atoms with Gasteiger partial charge in [0.15, 0.2) is 0 Å². The van der Waals surface area contributed by atoms with Crippen molar-refractivity contribution in [3.63, 3.8) is 0 Å².